The van der Waals surface area contributed by atoms with Gasteiger partial charge in [0.2, 0.25) is 0 Å². The maximum Gasteiger partial charge on any atom is 0.140 e. The van der Waals surface area contributed by atoms with Crippen molar-refractivity contribution in [1.29, 1.82) is 5.26 Å². The molecule has 90 valence electrons. The Balaban J connectivity index is 2.19. The van der Waals surface area contributed by atoms with Gasteiger partial charge in [0.15, 0.2) is 0 Å². The van der Waals surface area contributed by atoms with Crippen molar-refractivity contribution in [3.05, 3.63) is 59.7 Å². The summed E-state index contributed by atoms with van der Waals surface area (Å²) in [7, 11) is -1.33. The largest absolute Gasteiger partial charge is 0.254 e. The molecular weight excluding hydrogens is 251 g/mol. The van der Waals surface area contributed by atoms with Crippen LogP contribution in [0.4, 0.5) is 4.39 Å². The molecule has 0 radical (unpaired) electrons. The predicted molar refractivity (Wildman–Crippen MR) is 65.5 cm³/mol. The fourth-order valence-corrected chi connectivity index (χ4v) is 2.59. The van der Waals surface area contributed by atoms with Gasteiger partial charge in [0.25, 0.3) is 0 Å². The van der Waals surface area contributed by atoms with Crippen molar-refractivity contribution in [2.45, 2.75) is 10.6 Å². The quantitative estimate of drug-likeness (QED) is 0.851. The molecule has 0 N–H and O–H groups in total. The summed E-state index contributed by atoms with van der Waals surface area (Å²) in [6.07, 6.45) is 1.50. The van der Waals surface area contributed by atoms with Gasteiger partial charge < -0.3 is 0 Å². The molecule has 1 aromatic heterocycles. The number of benzene rings is 1. The summed E-state index contributed by atoms with van der Waals surface area (Å²) < 4.78 is 25.0. The van der Waals surface area contributed by atoms with Crippen molar-refractivity contribution < 1.29 is 8.60 Å². The lowest BCUT2D eigenvalue weighted by Crippen LogP contribution is -1.98. The van der Waals surface area contributed by atoms with Crippen molar-refractivity contribution in [2.75, 3.05) is 0 Å². The molecule has 1 aromatic carbocycles. The monoisotopic (exact) mass is 260 g/mol. The first-order valence-corrected chi connectivity index (χ1v) is 6.50. The van der Waals surface area contributed by atoms with Crippen molar-refractivity contribution in [1.82, 2.24) is 4.98 Å². The highest BCUT2D eigenvalue weighted by molar-refractivity contribution is 7.84. The van der Waals surface area contributed by atoms with Gasteiger partial charge in [-0.15, -0.1) is 0 Å². The average Bonchev–Trinajstić information content (AvgIpc) is 2.39. The highest BCUT2D eigenvalue weighted by Crippen LogP contribution is 2.13. The van der Waals surface area contributed by atoms with E-state index in [1.807, 2.05) is 6.07 Å². The smallest absolute Gasteiger partial charge is 0.140 e. The maximum atomic E-state index is 13.0. The summed E-state index contributed by atoms with van der Waals surface area (Å²) in [5, 5.41) is 8.71. The van der Waals surface area contributed by atoms with Gasteiger partial charge in [0.1, 0.15) is 17.6 Å². The van der Waals surface area contributed by atoms with Gasteiger partial charge in [-0.25, -0.2) is 9.37 Å². The molecule has 0 amide bonds. The number of pyridine rings is 1. The first kappa shape index (κ1) is 12.4. The Labute approximate surface area is 106 Å². The average molecular weight is 260 g/mol. The molecule has 1 atom stereocenters. The number of aromatic nitrogens is 1. The van der Waals surface area contributed by atoms with Gasteiger partial charge in [-0.1, -0.05) is 6.07 Å². The molecule has 0 bridgehead atoms. The normalized spacial score (nSPS) is 11.8. The highest BCUT2D eigenvalue weighted by atomic mass is 32.2. The van der Waals surface area contributed by atoms with E-state index in [4.69, 9.17) is 5.26 Å². The van der Waals surface area contributed by atoms with E-state index in [9.17, 15) is 8.60 Å². The molecule has 0 fully saturated rings. The van der Waals surface area contributed by atoms with Gasteiger partial charge >= 0.3 is 0 Å². The fraction of sp³-hybridized carbons (Fsp3) is 0.0769. The third-order valence-corrected chi connectivity index (χ3v) is 3.67. The fourth-order valence-electron chi connectivity index (χ4n) is 1.47. The minimum absolute atomic E-state index is 0.237. The van der Waals surface area contributed by atoms with Crippen LogP contribution >= 0.6 is 0 Å². The molecule has 0 spiro atoms. The Kier molecular flexibility index (Phi) is 3.80. The summed E-state index contributed by atoms with van der Waals surface area (Å²) in [5.41, 5.74) is 1.02. The highest BCUT2D eigenvalue weighted by Gasteiger charge is 2.07. The molecular formula is C13H9FN2OS. The molecule has 1 unspecified atom stereocenters. The molecule has 0 aliphatic rings. The van der Waals surface area contributed by atoms with E-state index in [1.54, 1.807) is 18.2 Å². The number of nitrogens with zero attached hydrogens (tertiary/aromatic N) is 2. The predicted octanol–water partition coefficient (Wildman–Crippen LogP) is 2.40. The van der Waals surface area contributed by atoms with Crippen LogP contribution in [0, 0.1) is 17.1 Å². The van der Waals surface area contributed by atoms with Crippen molar-refractivity contribution in [3.8, 4) is 6.07 Å². The molecule has 2 rings (SSSR count). The molecule has 0 aliphatic carbocycles. The van der Waals surface area contributed by atoms with Gasteiger partial charge in [-0.3, -0.25) is 4.21 Å². The summed E-state index contributed by atoms with van der Waals surface area (Å²) in [6, 6.07) is 10.9. The van der Waals surface area contributed by atoms with Crippen LogP contribution in [0.3, 0.4) is 0 Å². The zero-order valence-electron chi connectivity index (χ0n) is 9.34. The molecule has 2 aromatic rings. The Hall–Kier alpha value is -2.06. The zero-order valence-corrected chi connectivity index (χ0v) is 10.2. The third kappa shape index (κ3) is 2.99. The van der Waals surface area contributed by atoms with Crippen LogP contribution in [0.25, 0.3) is 0 Å². The van der Waals surface area contributed by atoms with Gasteiger partial charge in [0.05, 0.1) is 16.6 Å². The number of hydrogen-bond acceptors (Lipinski definition) is 3. The molecule has 1 heterocycles. The number of nitriles is 1. The Bertz CT molecular complexity index is 637. The van der Waals surface area contributed by atoms with E-state index in [0.717, 1.165) is 5.56 Å². The Morgan fingerprint density at radius 2 is 2.17 bits per heavy atom. The lowest BCUT2D eigenvalue weighted by Gasteiger charge is -2.03. The Morgan fingerprint density at radius 1 is 1.33 bits per heavy atom. The summed E-state index contributed by atoms with van der Waals surface area (Å²) in [6.45, 7) is 0. The SMILES string of the molecule is N#Cc1cc(CS(=O)c2cccc(F)c2)ccn1. The van der Waals surface area contributed by atoms with Crippen LogP contribution in [0.2, 0.25) is 0 Å². The second-order valence-corrected chi connectivity index (χ2v) is 5.06. The lowest BCUT2D eigenvalue weighted by atomic mass is 10.2. The lowest BCUT2D eigenvalue weighted by molar-refractivity contribution is 0.622. The number of rotatable bonds is 3. The zero-order chi connectivity index (χ0) is 13.0. The van der Waals surface area contributed by atoms with E-state index in [1.165, 1.54) is 24.4 Å². The summed E-state index contributed by atoms with van der Waals surface area (Å²) in [4.78, 5) is 4.27. The van der Waals surface area contributed by atoms with E-state index in [0.29, 0.717) is 4.90 Å². The van der Waals surface area contributed by atoms with Crippen molar-refractivity contribution in [2.24, 2.45) is 0 Å². The van der Waals surface area contributed by atoms with Crippen LogP contribution in [0.15, 0.2) is 47.5 Å². The van der Waals surface area contributed by atoms with Crippen LogP contribution in [-0.4, -0.2) is 9.19 Å². The molecule has 0 saturated heterocycles. The van der Waals surface area contributed by atoms with E-state index < -0.39 is 16.6 Å². The van der Waals surface area contributed by atoms with Gasteiger partial charge in [-0.2, -0.15) is 5.26 Å². The third-order valence-electron chi connectivity index (χ3n) is 2.30. The standard InChI is InChI=1S/C13H9FN2OS/c14-11-2-1-3-13(7-11)18(17)9-10-4-5-16-12(6-10)8-15/h1-7H,9H2. The molecule has 0 saturated carbocycles. The minimum atomic E-state index is -1.33. The van der Waals surface area contributed by atoms with Gasteiger partial charge in [0, 0.05) is 11.1 Å². The second kappa shape index (κ2) is 5.52. The Morgan fingerprint density at radius 3 is 2.89 bits per heavy atom. The molecule has 0 aliphatic heterocycles. The van der Waals surface area contributed by atoms with E-state index >= 15 is 0 Å². The number of halogens is 1. The van der Waals surface area contributed by atoms with Crippen LogP contribution in [-0.2, 0) is 16.6 Å². The van der Waals surface area contributed by atoms with Crippen molar-refractivity contribution >= 4 is 10.8 Å². The molecule has 3 nitrogen and oxygen atoms in total. The van der Waals surface area contributed by atoms with Gasteiger partial charge in [-0.05, 0) is 35.9 Å². The van der Waals surface area contributed by atoms with Crippen LogP contribution < -0.4 is 0 Å². The molecule has 5 heteroatoms. The minimum Gasteiger partial charge on any atom is -0.254 e. The van der Waals surface area contributed by atoms with Crippen molar-refractivity contribution in [3.63, 3.8) is 0 Å². The molecule has 18 heavy (non-hydrogen) atoms. The van der Waals surface area contributed by atoms with Crippen LogP contribution in [0.1, 0.15) is 11.3 Å². The van der Waals surface area contributed by atoms with E-state index in [2.05, 4.69) is 4.98 Å². The van der Waals surface area contributed by atoms with E-state index in [-0.39, 0.29) is 11.4 Å². The number of hydrogen-bond donors (Lipinski definition) is 0. The maximum absolute atomic E-state index is 13.0. The second-order valence-electron chi connectivity index (χ2n) is 3.61. The first-order chi connectivity index (χ1) is 8.69. The first-order valence-electron chi connectivity index (χ1n) is 5.18. The summed E-state index contributed by atoms with van der Waals surface area (Å²) in [5.74, 6) is -0.172. The topological polar surface area (TPSA) is 53.8 Å². The summed E-state index contributed by atoms with van der Waals surface area (Å²) >= 11 is 0. The van der Waals surface area contributed by atoms with Crippen LogP contribution in [0.5, 0.6) is 0 Å².